The highest BCUT2D eigenvalue weighted by molar-refractivity contribution is 7.91. The van der Waals surface area contributed by atoms with Gasteiger partial charge in [0.25, 0.3) is 5.91 Å². The van der Waals surface area contributed by atoms with Gasteiger partial charge in [-0.25, -0.2) is 8.42 Å². The first-order valence-electron chi connectivity index (χ1n) is 16.0. The number of aliphatic hydroxyl groups is 1. The molecule has 0 bridgehead atoms. The molecule has 2 aliphatic carbocycles. The second-order valence-electron chi connectivity index (χ2n) is 14.7. The topological polar surface area (TPSA) is 97.6 Å². The van der Waals surface area contributed by atoms with Crippen LogP contribution >= 0.6 is 0 Å². The summed E-state index contributed by atoms with van der Waals surface area (Å²) in [6.45, 7) is 10.5. The zero-order valence-electron chi connectivity index (χ0n) is 25.9. The maximum Gasteiger partial charge on any atom is 0.253 e. The number of sulfone groups is 1. The summed E-state index contributed by atoms with van der Waals surface area (Å²) in [6, 6.07) is 6.68. The molecule has 7 nitrogen and oxygen atoms in total. The van der Waals surface area contributed by atoms with Gasteiger partial charge >= 0.3 is 0 Å². The molecule has 1 spiro atoms. The largest absolute Gasteiger partial charge is 0.493 e. The van der Waals surface area contributed by atoms with Crippen molar-refractivity contribution in [3.05, 3.63) is 40.6 Å². The van der Waals surface area contributed by atoms with Crippen LogP contribution in [0.15, 0.2) is 18.2 Å². The van der Waals surface area contributed by atoms with Gasteiger partial charge in [-0.1, -0.05) is 40.0 Å². The van der Waals surface area contributed by atoms with E-state index < -0.39 is 15.4 Å². The van der Waals surface area contributed by atoms with E-state index in [0.717, 1.165) is 42.3 Å². The zero-order valence-corrected chi connectivity index (χ0v) is 26.7. The first-order valence-corrected chi connectivity index (χ1v) is 17.8. The number of nitrogens with one attached hydrogen (secondary N) is 1. The molecule has 3 heterocycles. The lowest BCUT2D eigenvalue weighted by molar-refractivity contribution is 0.0296. The molecular formula is C34H48N2O5S. The van der Waals surface area contributed by atoms with Crippen molar-refractivity contribution in [3.63, 3.8) is 0 Å². The van der Waals surface area contributed by atoms with Gasteiger partial charge in [0, 0.05) is 41.0 Å². The van der Waals surface area contributed by atoms with Crippen molar-refractivity contribution < 1.29 is 23.1 Å². The molecule has 42 heavy (non-hydrogen) atoms. The van der Waals surface area contributed by atoms with Crippen molar-refractivity contribution in [3.8, 4) is 17.0 Å². The zero-order chi connectivity index (χ0) is 29.9. The molecule has 3 fully saturated rings. The molecule has 1 amide bonds. The fourth-order valence-electron chi connectivity index (χ4n) is 7.45. The Kier molecular flexibility index (Phi) is 7.57. The molecule has 1 aromatic heterocycles. The van der Waals surface area contributed by atoms with Gasteiger partial charge in [0.2, 0.25) is 0 Å². The number of fused-ring (bicyclic) bond motifs is 2. The van der Waals surface area contributed by atoms with Crippen LogP contribution in [0.5, 0.6) is 5.75 Å². The molecular weight excluding hydrogens is 548 g/mol. The van der Waals surface area contributed by atoms with Crippen LogP contribution in [0.1, 0.15) is 112 Å². The summed E-state index contributed by atoms with van der Waals surface area (Å²) in [6.07, 6.45) is 10.0. The Morgan fingerprint density at radius 2 is 1.74 bits per heavy atom. The van der Waals surface area contributed by atoms with Gasteiger partial charge in [-0.3, -0.25) is 4.79 Å². The number of carbonyl (C=O) groups excluding carboxylic acids is 1. The summed E-state index contributed by atoms with van der Waals surface area (Å²) < 4.78 is 32.5. The molecule has 230 valence electrons. The molecule has 4 aliphatic rings. The fraction of sp³-hybridized carbons (Fsp3) is 0.676. The lowest BCUT2D eigenvalue weighted by Crippen LogP contribution is -2.48. The quantitative estimate of drug-likeness (QED) is 0.438. The standard InChI is InChI=1S/C34H48N2O5S/c1-23-26(31(37)35-22-34(38)13-16-42(39,40)17-14-34)20-29(36(23)21-24-8-6-5-7-9-24)25-18-27(32(2,3)4)30-28(19-25)33(10-11-33)12-15-41-30/h18-20,24,38H,5-17,21-22H2,1-4H3,(H,35,37). The van der Waals surface area contributed by atoms with Crippen molar-refractivity contribution in [2.45, 2.75) is 115 Å². The molecule has 0 atom stereocenters. The smallest absolute Gasteiger partial charge is 0.253 e. The fourth-order valence-corrected chi connectivity index (χ4v) is 9.03. The number of ether oxygens (including phenoxy) is 1. The molecule has 1 saturated heterocycles. The second kappa shape index (κ2) is 10.7. The third-order valence-corrected chi connectivity index (χ3v) is 12.2. The van der Waals surface area contributed by atoms with E-state index in [0.29, 0.717) is 11.5 Å². The summed E-state index contributed by atoms with van der Waals surface area (Å²) in [4.78, 5) is 13.7. The normalized spacial score (nSPS) is 22.8. The summed E-state index contributed by atoms with van der Waals surface area (Å²) >= 11 is 0. The predicted molar refractivity (Wildman–Crippen MR) is 166 cm³/mol. The number of rotatable bonds is 6. The molecule has 2 aliphatic heterocycles. The Balaban J connectivity index is 1.37. The lowest BCUT2D eigenvalue weighted by atomic mass is 9.79. The van der Waals surface area contributed by atoms with Gasteiger partial charge in [0.1, 0.15) is 5.75 Å². The Labute approximate surface area is 251 Å². The molecule has 1 aromatic carbocycles. The average Bonchev–Trinajstić information content (AvgIpc) is 3.65. The van der Waals surface area contributed by atoms with E-state index >= 15 is 0 Å². The van der Waals surface area contributed by atoms with Crippen LogP contribution < -0.4 is 10.1 Å². The van der Waals surface area contributed by atoms with E-state index in [1.54, 1.807) is 0 Å². The maximum absolute atomic E-state index is 13.7. The van der Waals surface area contributed by atoms with Crippen LogP contribution in [0.4, 0.5) is 0 Å². The van der Waals surface area contributed by atoms with Crippen molar-refractivity contribution in [1.82, 2.24) is 9.88 Å². The predicted octanol–water partition coefficient (Wildman–Crippen LogP) is 5.82. The van der Waals surface area contributed by atoms with E-state index in [1.807, 2.05) is 13.0 Å². The third kappa shape index (κ3) is 5.78. The second-order valence-corrected chi connectivity index (χ2v) is 17.0. The molecule has 6 rings (SSSR count). The highest BCUT2D eigenvalue weighted by Crippen LogP contribution is 2.58. The number of hydrogen-bond donors (Lipinski definition) is 2. The highest BCUT2D eigenvalue weighted by Gasteiger charge is 2.49. The summed E-state index contributed by atoms with van der Waals surface area (Å²) in [5.41, 5.74) is 5.28. The van der Waals surface area contributed by atoms with Crippen molar-refractivity contribution in [2.75, 3.05) is 24.7 Å². The van der Waals surface area contributed by atoms with Crippen LogP contribution in [-0.2, 0) is 27.2 Å². The van der Waals surface area contributed by atoms with Crippen LogP contribution in [0.25, 0.3) is 11.3 Å². The number of aromatic nitrogens is 1. The van der Waals surface area contributed by atoms with Gasteiger partial charge in [0.15, 0.2) is 9.84 Å². The van der Waals surface area contributed by atoms with E-state index in [4.69, 9.17) is 4.74 Å². The molecule has 0 radical (unpaired) electrons. The third-order valence-electron chi connectivity index (χ3n) is 10.6. The molecule has 2 saturated carbocycles. The number of amides is 1. The minimum Gasteiger partial charge on any atom is -0.493 e. The van der Waals surface area contributed by atoms with Crippen LogP contribution in [-0.4, -0.2) is 54.3 Å². The SMILES string of the molecule is Cc1c(C(=O)NCC2(O)CCS(=O)(=O)CC2)cc(-c2cc(C(C)(C)C)c3c(c2)C2(CCO3)CC2)n1CC1CCCCC1. The van der Waals surface area contributed by atoms with Crippen molar-refractivity contribution in [1.29, 1.82) is 0 Å². The van der Waals surface area contributed by atoms with Gasteiger partial charge in [-0.05, 0) is 87.0 Å². The maximum atomic E-state index is 13.7. The number of hydrogen-bond acceptors (Lipinski definition) is 5. The monoisotopic (exact) mass is 596 g/mol. The number of benzene rings is 1. The summed E-state index contributed by atoms with van der Waals surface area (Å²) in [5.74, 6) is 1.36. The average molecular weight is 597 g/mol. The molecule has 2 N–H and O–H groups in total. The lowest BCUT2D eigenvalue weighted by Gasteiger charge is -2.33. The van der Waals surface area contributed by atoms with Gasteiger partial charge < -0.3 is 19.7 Å². The van der Waals surface area contributed by atoms with Crippen LogP contribution in [0.3, 0.4) is 0 Å². The van der Waals surface area contributed by atoms with Gasteiger partial charge in [0.05, 0.1) is 29.3 Å². The first kappa shape index (κ1) is 29.7. The number of nitrogens with zero attached hydrogens (tertiary/aromatic N) is 1. The minimum absolute atomic E-state index is 0.0417. The molecule has 8 heteroatoms. The first-order chi connectivity index (χ1) is 19.8. The molecule has 2 aromatic rings. The Morgan fingerprint density at radius 1 is 1.05 bits per heavy atom. The van der Waals surface area contributed by atoms with Crippen molar-refractivity contribution in [2.24, 2.45) is 5.92 Å². The summed E-state index contributed by atoms with van der Waals surface area (Å²) in [5, 5.41) is 14.0. The highest BCUT2D eigenvalue weighted by atomic mass is 32.2. The van der Waals surface area contributed by atoms with Crippen LogP contribution in [0.2, 0.25) is 0 Å². The van der Waals surface area contributed by atoms with E-state index in [2.05, 4.69) is 42.8 Å². The van der Waals surface area contributed by atoms with Gasteiger partial charge in [-0.15, -0.1) is 0 Å². The van der Waals surface area contributed by atoms with E-state index in [-0.39, 0.29) is 47.6 Å². The van der Waals surface area contributed by atoms with Crippen molar-refractivity contribution >= 4 is 15.7 Å². The van der Waals surface area contributed by atoms with E-state index in [9.17, 15) is 18.3 Å². The van der Waals surface area contributed by atoms with Gasteiger partial charge in [-0.2, -0.15) is 0 Å². The molecule has 0 unspecified atom stereocenters. The summed E-state index contributed by atoms with van der Waals surface area (Å²) in [7, 11) is -3.11. The Morgan fingerprint density at radius 3 is 2.38 bits per heavy atom. The van der Waals surface area contributed by atoms with Crippen LogP contribution in [0, 0.1) is 12.8 Å². The number of carbonyl (C=O) groups is 1. The van der Waals surface area contributed by atoms with E-state index in [1.165, 1.54) is 56.1 Å². The Hall–Kier alpha value is -2.32. The Bertz CT molecular complexity index is 1440. The minimum atomic E-state index is -3.11.